The van der Waals surface area contributed by atoms with Crippen LogP contribution in [0.3, 0.4) is 0 Å². The van der Waals surface area contributed by atoms with Crippen LogP contribution < -0.4 is 15.4 Å². The van der Waals surface area contributed by atoms with Crippen molar-refractivity contribution in [1.82, 2.24) is 10.3 Å². The van der Waals surface area contributed by atoms with Gasteiger partial charge in [-0.3, -0.25) is 4.79 Å². The third-order valence-corrected chi connectivity index (χ3v) is 2.29. The third kappa shape index (κ3) is 5.03. The molecule has 0 fully saturated rings. The molecule has 0 saturated carbocycles. The van der Waals surface area contributed by atoms with Crippen LogP contribution in [0.15, 0.2) is 18.3 Å². The van der Waals surface area contributed by atoms with E-state index in [-0.39, 0.29) is 12.0 Å². The van der Waals surface area contributed by atoms with Gasteiger partial charge in [0.1, 0.15) is 0 Å². The van der Waals surface area contributed by atoms with Crippen LogP contribution in [0.2, 0.25) is 0 Å². The van der Waals surface area contributed by atoms with Gasteiger partial charge in [-0.25, -0.2) is 4.98 Å². The summed E-state index contributed by atoms with van der Waals surface area (Å²) in [5.41, 5.74) is 0.864. The number of ether oxygens (including phenoxy) is 1. The number of anilines is 1. The van der Waals surface area contributed by atoms with Crippen LogP contribution in [0.5, 0.6) is 5.88 Å². The van der Waals surface area contributed by atoms with Crippen LogP contribution in [0.1, 0.15) is 26.7 Å². The van der Waals surface area contributed by atoms with Crippen LogP contribution in [-0.4, -0.2) is 30.6 Å². The van der Waals surface area contributed by atoms with Gasteiger partial charge in [0, 0.05) is 26.2 Å². The predicted molar refractivity (Wildman–Crippen MR) is 71.8 cm³/mol. The molecule has 5 heteroatoms. The molecule has 0 unspecified atom stereocenters. The SMILES string of the molecule is CNC(=O)CCCNc1cccnc1OC(C)C. The molecule has 0 spiro atoms. The Hall–Kier alpha value is -1.78. The van der Waals surface area contributed by atoms with Gasteiger partial charge in [0.05, 0.1) is 11.8 Å². The molecule has 0 radical (unpaired) electrons. The summed E-state index contributed by atoms with van der Waals surface area (Å²) in [6.07, 6.45) is 3.08. The second-order valence-electron chi connectivity index (χ2n) is 4.23. The summed E-state index contributed by atoms with van der Waals surface area (Å²) in [6.45, 7) is 4.64. The summed E-state index contributed by atoms with van der Waals surface area (Å²) in [7, 11) is 1.64. The first-order valence-corrected chi connectivity index (χ1v) is 6.19. The third-order valence-electron chi connectivity index (χ3n) is 2.29. The molecule has 0 aliphatic rings. The molecule has 0 saturated heterocycles. The second-order valence-corrected chi connectivity index (χ2v) is 4.23. The maximum Gasteiger partial charge on any atom is 0.237 e. The van der Waals surface area contributed by atoms with E-state index in [9.17, 15) is 4.79 Å². The first kappa shape index (κ1) is 14.3. The molecule has 1 aromatic heterocycles. The number of carbonyl (C=O) groups excluding carboxylic acids is 1. The maximum absolute atomic E-state index is 11.1. The van der Waals surface area contributed by atoms with Gasteiger partial charge in [-0.05, 0) is 32.4 Å². The summed E-state index contributed by atoms with van der Waals surface area (Å²) >= 11 is 0. The number of nitrogens with one attached hydrogen (secondary N) is 2. The maximum atomic E-state index is 11.1. The van der Waals surface area contributed by atoms with Gasteiger partial charge in [0.25, 0.3) is 0 Å². The minimum atomic E-state index is 0.0571. The van der Waals surface area contributed by atoms with E-state index in [4.69, 9.17) is 4.74 Å². The largest absolute Gasteiger partial charge is 0.473 e. The van der Waals surface area contributed by atoms with Crippen LogP contribution >= 0.6 is 0 Å². The van der Waals surface area contributed by atoms with Crippen LogP contribution in [0.4, 0.5) is 5.69 Å². The zero-order valence-corrected chi connectivity index (χ0v) is 11.2. The summed E-state index contributed by atoms with van der Waals surface area (Å²) in [5, 5.41) is 5.83. The highest BCUT2D eigenvalue weighted by atomic mass is 16.5. The first-order chi connectivity index (χ1) is 8.63. The molecule has 2 N–H and O–H groups in total. The Balaban J connectivity index is 2.43. The lowest BCUT2D eigenvalue weighted by Crippen LogP contribution is -2.18. The van der Waals surface area contributed by atoms with Gasteiger partial charge in [-0.1, -0.05) is 0 Å². The topological polar surface area (TPSA) is 63.2 Å². The van der Waals surface area contributed by atoms with Gasteiger partial charge >= 0.3 is 0 Å². The highest BCUT2D eigenvalue weighted by Gasteiger charge is 2.06. The molecule has 18 heavy (non-hydrogen) atoms. The van der Waals surface area contributed by atoms with Gasteiger partial charge in [-0.15, -0.1) is 0 Å². The standard InChI is InChI=1S/C13H21N3O2/c1-10(2)18-13-11(6-4-9-16-13)15-8-5-7-12(17)14-3/h4,6,9-10,15H,5,7-8H2,1-3H3,(H,14,17). The Bertz CT molecular complexity index is 380. The van der Waals surface area contributed by atoms with Gasteiger partial charge in [-0.2, -0.15) is 0 Å². The number of amides is 1. The summed E-state index contributed by atoms with van der Waals surface area (Å²) in [6, 6.07) is 3.78. The van der Waals surface area contributed by atoms with Crippen molar-refractivity contribution in [2.24, 2.45) is 0 Å². The monoisotopic (exact) mass is 251 g/mol. The van der Waals surface area contributed by atoms with E-state index in [0.29, 0.717) is 18.8 Å². The molecule has 1 heterocycles. The molecule has 1 amide bonds. The van der Waals surface area contributed by atoms with Crippen molar-refractivity contribution in [3.8, 4) is 5.88 Å². The number of aromatic nitrogens is 1. The minimum Gasteiger partial charge on any atom is -0.473 e. The number of hydrogen-bond donors (Lipinski definition) is 2. The summed E-state index contributed by atoms with van der Waals surface area (Å²) < 4.78 is 5.59. The lowest BCUT2D eigenvalue weighted by molar-refractivity contribution is -0.120. The molecule has 1 aromatic rings. The van der Waals surface area contributed by atoms with Gasteiger partial charge < -0.3 is 15.4 Å². The van der Waals surface area contributed by atoms with Gasteiger partial charge in [0.15, 0.2) is 0 Å². The molecule has 100 valence electrons. The molecule has 0 aromatic carbocycles. The lowest BCUT2D eigenvalue weighted by atomic mass is 10.3. The van der Waals surface area contributed by atoms with E-state index in [1.165, 1.54) is 0 Å². The average Bonchev–Trinajstić information content (AvgIpc) is 2.35. The van der Waals surface area contributed by atoms with E-state index in [0.717, 1.165) is 12.1 Å². The quantitative estimate of drug-likeness (QED) is 0.725. The van der Waals surface area contributed by atoms with Crippen LogP contribution in [-0.2, 0) is 4.79 Å². The number of hydrogen-bond acceptors (Lipinski definition) is 4. The van der Waals surface area contributed by atoms with Crippen molar-refractivity contribution < 1.29 is 9.53 Å². The zero-order valence-electron chi connectivity index (χ0n) is 11.2. The van der Waals surface area contributed by atoms with Crippen LogP contribution in [0.25, 0.3) is 0 Å². The fourth-order valence-electron chi connectivity index (χ4n) is 1.44. The molecule has 1 rings (SSSR count). The van der Waals surface area contributed by atoms with E-state index >= 15 is 0 Å². The predicted octanol–water partition coefficient (Wildman–Crippen LogP) is 1.81. The van der Waals surface area contributed by atoms with Crippen molar-refractivity contribution in [1.29, 1.82) is 0 Å². The Kier molecular flexibility index (Phi) is 5.97. The first-order valence-electron chi connectivity index (χ1n) is 6.19. The Morgan fingerprint density at radius 1 is 1.50 bits per heavy atom. The molecule has 0 aliphatic carbocycles. The summed E-state index contributed by atoms with van der Waals surface area (Å²) in [5.74, 6) is 0.661. The van der Waals surface area contributed by atoms with E-state index < -0.39 is 0 Å². The van der Waals surface area contributed by atoms with E-state index in [1.807, 2.05) is 26.0 Å². The van der Waals surface area contributed by atoms with Crippen molar-refractivity contribution in [2.75, 3.05) is 18.9 Å². The molecule has 5 nitrogen and oxygen atoms in total. The summed E-state index contributed by atoms with van der Waals surface area (Å²) in [4.78, 5) is 15.2. The Labute approximate surface area is 108 Å². The average molecular weight is 251 g/mol. The van der Waals surface area contributed by atoms with Crippen molar-refractivity contribution in [3.63, 3.8) is 0 Å². The lowest BCUT2D eigenvalue weighted by Gasteiger charge is -2.13. The molecule has 0 bridgehead atoms. The fourth-order valence-corrected chi connectivity index (χ4v) is 1.44. The fraction of sp³-hybridized carbons (Fsp3) is 0.538. The Morgan fingerprint density at radius 2 is 2.28 bits per heavy atom. The molecular weight excluding hydrogens is 230 g/mol. The normalized spacial score (nSPS) is 10.2. The molecular formula is C13H21N3O2. The van der Waals surface area contributed by atoms with Crippen molar-refractivity contribution in [3.05, 3.63) is 18.3 Å². The zero-order chi connectivity index (χ0) is 13.4. The number of rotatable bonds is 7. The van der Waals surface area contributed by atoms with Gasteiger partial charge in [0.2, 0.25) is 11.8 Å². The second kappa shape index (κ2) is 7.53. The van der Waals surface area contributed by atoms with E-state index in [1.54, 1.807) is 13.2 Å². The highest BCUT2D eigenvalue weighted by molar-refractivity contribution is 5.75. The van der Waals surface area contributed by atoms with Crippen LogP contribution in [0, 0.1) is 0 Å². The van der Waals surface area contributed by atoms with Crippen molar-refractivity contribution >= 4 is 11.6 Å². The molecule has 0 atom stereocenters. The number of carbonyl (C=O) groups is 1. The van der Waals surface area contributed by atoms with Crippen molar-refractivity contribution in [2.45, 2.75) is 32.8 Å². The Morgan fingerprint density at radius 3 is 2.94 bits per heavy atom. The minimum absolute atomic E-state index is 0.0571. The molecule has 0 aliphatic heterocycles. The van der Waals surface area contributed by atoms with E-state index in [2.05, 4.69) is 15.6 Å². The number of pyridine rings is 1. The smallest absolute Gasteiger partial charge is 0.237 e. The number of nitrogens with zero attached hydrogens (tertiary/aromatic N) is 1. The highest BCUT2D eigenvalue weighted by Crippen LogP contribution is 2.21.